The number of rotatable bonds is 31. The number of hydrogen-bond acceptors (Lipinski definition) is 3. The number of esters is 1. The molecule has 0 saturated carbocycles. The summed E-state index contributed by atoms with van der Waals surface area (Å²) in [4.78, 5) is 23.1. The Morgan fingerprint density at radius 3 is 1.18 bits per heavy atom. The summed E-state index contributed by atoms with van der Waals surface area (Å²) in [5.74, 6) is -0.756. The Balaban J connectivity index is 3.70. The predicted molar refractivity (Wildman–Crippen MR) is 163 cm³/mol. The van der Waals surface area contributed by atoms with Crippen LogP contribution in [0.2, 0.25) is 0 Å². The Labute approximate surface area is 237 Å². The third kappa shape index (κ3) is 29.5. The summed E-state index contributed by atoms with van der Waals surface area (Å²) < 4.78 is 5.86. The van der Waals surface area contributed by atoms with E-state index in [4.69, 9.17) is 9.84 Å². The molecule has 1 N–H and O–H groups in total. The van der Waals surface area contributed by atoms with Gasteiger partial charge in [-0.15, -0.1) is 0 Å². The second kappa shape index (κ2) is 30.5. The van der Waals surface area contributed by atoms with E-state index in [2.05, 4.69) is 13.8 Å². The number of unbranched alkanes of at least 4 members (excludes halogenated alkanes) is 22. The molecule has 226 valence electrons. The molecule has 0 bridgehead atoms. The van der Waals surface area contributed by atoms with Gasteiger partial charge in [0, 0.05) is 12.8 Å². The zero-order chi connectivity index (χ0) is 27.9. The van der Waals surface area contributed by atoms with E-state index in [9.17, 15) is 9.59 Å². The summed E-state index contributed by atoms with van der Waals surface area (Å²) in [6, 6.07) is 0. The van der Waals surface area contributed by atoms with Crippen molar-refractivity contribution in [1.82, 2.24) is 0 Å². The van der Waals surface area contributed by atoms with Crippen molar-refractivity contribution in [3.8, 4) is 0 Å². The Kier molecular flexibility index (Phi) is 29.6. The van der Waals surface area contributed by atoms with Crippen LogP contribution in [0, 0.1) is 0 Å². The molecule has 0 aromatic heterocycles. The molecule has 4 heteroatoms. The van der Waals surface area contributed by atoms with Crippen molar-refractivity contribution >= 4 is 11.9 Å². The van der Waals surface area contributed by atoms with Crippen LogP contribution < -0.4 is 0 Å². The Hall–Kier alpha value is -1.06. The molecule has 0 heterocycles. The first-order chi connectivity index (χ1) is 18.6. The maximum absolute atomic E-state index is 12.4. The fourth-order valence-corrected chi connectivity index (χ4v) is 5.30. The zero-order valence-electron chi connectivity index (χ0n) is 25.8. The molecular weight excluding hydrogens is 472 g/mol. The van der Waals surface area contributed by atoms with Crippen molar-refractivity contribution in [1.29, 1.82) is 0 Å². The van der Waals surface area contributed by atoms with Gasteiger partial charge in [-0.3, -0.25) is 9.59 Å². The molecule has 0 rings (SSSR count). The number of carboxylic acid groups (broad SMARTS) is 1. The van der Waals surface area contributed by atoms with E-state index in [0.717, 1.165) is 44.9 Å². The van der Waals surface area contributed by atoms with E-state index in [1.54, 1.807) is 0 Å². The van der Waals surface area contributed by atoms with Crippen molar-refractivity contribution in [3.63, 3.8) is 0 Å². The van der Waals surface area contributed by atoms with Crippen LogP contribution in [0.4, 0.5) is 0 Å². The summed E-state index contributed by atoms with van der Waals surface area (Å²) in [5, 5.41) is 8.80. The molecule has 0 spiro atoms. The lowest BCUT2D eigenvalue weighted by Crippen LogP contribution is -2.18. The van der Waals surface area contributed by atoms with Gasteiger partial charge in [-0.2, -0.15) is 0 Å². The molecule has 0 fully saturated rings. The third-order valence-corrected chi connectivity index (χ3v) is 7.83. The number of carbonyl (C=O) groups is 2. The Morgan fingerprint density at radius 1 is 0.474 bits per heavy atom. The van der Waals surface area contributed by atoms with Crippen LogP contribution >= 0.6 is 0 Å². The first-order valence-electron chi connectivity index (χ1n) is 17.0. The van der Waals surface area contributed by atoms with Crippen molar-refractivity contribution in [2.75, 3.05) is 0 Å². The Morgan fingerprint density at radius 2 is 0.789 bits per heavy atom. The first kappa shape index (κ1) is 36.9. The van der Waals surface area contributed by atoms with Crippen molar-refractivity contribution in [2.45, 2.75) is 206 Å². The number of carboxylic acids is 1. The van der Waals surface area contributed by atoms with Crippen molar-refractivity contribution in [2.24, 2.45) is 0 Å². The second-order valence-corrected chi connectivity index (χ2v) is 11.7. The van der Waals surface area contributed by atoms with Gasteiger partial charge in [0.1, 0.15) is 6.10 Å². The molecule has 0 aliphatic carbocycles. The van der Waals surface area contributed by atoms with Crippen LogP contribution in [-0.4, -0.2) is 23.1 Å². The summed E-state index contributed by atoms with van der Waals surface area (Å²) in [7, 11) is 0. The normalized spacial score (nSPS) is 12.1. The Bertz CT molecular complexity index is 505. The minimum absolute atomic E-state index is 0.0137. The molecule has 1 atom stereocenters. The van der Waals surface area contributed by atoms with Gasteiger partial charge in [-0.05, 0) is 38.5 Å². The van der Waals surface area contributed by atoms with Gasteiger partial charge < -0.3 is 9.84 Å². The van der Waals surface area contributed by atoms with Gasteiger partial charge >= 0.3 is 11.9 Å². The summed E-state index contributed by atoms with van der Waals surface area (Å²) in [6.45, 7) is 4.51. The molecule has 0 aliphatic rings. The molecule has 38 heavy (non-hydrogen) atoms. The number of hydrogen-bond donors (Lipinski definition) is 1. The fraction of sp³-hybridized carbons (Fsp3) is 0.941. The molecule has 0 saturated heterocycles. The van der Waals surface area contributed by atoms with Gasteiger partial charge in [-0.25, -0.2) is 0 Å². The molecule has 0 radical (unpaired) electrons. The zero-order valence-corrected chi connectivity index (χ0v) is 25.8. The summed E-state index contributed by atoms with van der Waals surface area (Å²) in [5.41, 5.74) is 0. The van der Waals surface area contributed by atoms with Gasteiger partial charge in [0.05, 0.1) is 0 Å². The lowest BCUT2D eigenvalue weighted by Gasteiger charge is -2.18. The average molecular weight is 539 g/mol. The predicted octanol–water partition coefficient (Wildman–Crippen LogP) is 11.3. The summed E-state index contributed by atoms with van der Waals surface area (Å²) in [6.07, 6.45) is 34.1. The van der Waals surface area contributed by atoms with E-state index in [1.165, 1.54) is 122 Å². The molecule has 1 unspecified atom stereocenters. The summed E-state index contributed by atoms with van der Waals surface area (Å²) >= 11 is 0. The maximum atomic E-state index is 12.4. The van der Waals surface area contributed by atoms with Gasteiger partial charge in [0.25, 0.3) is 0 Å². The number of ether oxygens (including phenoxy) is 1. The largest absolute Gasteiger partial charge is 0.481 e. The molecule has 0 amide bonds. The van der Waals surface area contributed by atoms with Crippen LogP contribution in [0.5, 0.6) is 0 Å². The first-order valence-corrected chi connectivity index (χ1v) is 17.0. The fourth-order valence-electron chi connectivity index (χ4n) is 5.30. The van der Waals surface area contributed by atoms with Crippen molar-refractivity contribution in [3.05, 3.63) is 0 Å². The van der Waals surface area contributed by atoms with Crippen LogP contribution in [0.1, 0.15) is 200 Å². The molecule has 0 aromatic rings. The van der Waals surface area contributed by atoms with Crippen LogP contribution in [0.15, 0.2) is 0 Å². The van der Waals surface area contributed by atoms with Crippen LogP contribution in [-0.2, 0) is 14.3 Å². The van der Waals surface area contributed by atoms with E-state index in [0.29, 0.717) is 12.8 Å². The highest BCUT2D eigenvalue weighted by Crippen LogP contribution is 2.18. The maximum Gasteiger partial charge on any atom is 0.306 e. The highest BCUT2D eigenvalue weighted by atomic mass is 16.5. The van der Waals surface area contributed by atoms with E-state index in [1.807, 2.05) is 0 Å². The molecule has 0 aliphatic heterocycles. The molecule has 0 aromatic carbocycles. The highest BCUT2D eigenvalue weighted by molar-refractivity contribution is 5.69. The highest BCUT2D eigenvalue weighted by Gasteiger charge is 2.14. The van der Waals surface area contributed by atoms with E-state index >= 15 is 0 Å². The monoisotopic (exact) mass is 538 g/mol. The average Bonchev–Trinajstić information content (AvgIpc) is 2.89. The van der Waals surface area contributed by atoms with Gasteiger partial charge in [-0.1, -0.05) is 149 Å². The van der Waals surface area contributed by atoms with Crippen LogP contribution in [0.25, 0.3) is 0 Å². The SMILES string of the molecule is CCCCCCCCCCCCCCCCCCCC(=O)OC(CCCCCCC)CCCCCC(=O)O. The smallest absolute Gasteiger partial charge is 0.306 e. The minimum atomic E-state index is -0.724. The van der Waals surface area contributed by atoms with Gasteiger partial charge in [0.2, 0.25) is 0 Å². The number of carbonyl (C=O) groups excluding carboxylic acids is 1. The quantitative estimate of drug-likeness (QED) is 0.0704. The van der Waals surface area contributed by atoms with E-state index < -0.39 is 5.97 Å². The number of aliphatic carboxylic acids is 1. The van der Waals surface area contributed by atoms with Crippen LogP contribution in [0.3, 0.4) is 0 Å². The molecular formula is C34H66O4. The minimum Gasteiger partial charge on any atom is -0.481 e. The lowest BCUT2D eigenvalue weighted by molar-refractivity contribution is -0.150. The van der Waals surface area contributed by atoms with Gasteiger partial charge in [0.15, 0.2) is 0 Å². The standard InChI is InChI=1S/C34H66O4/c1-3-5-7-9-10-11-12-13-14-15-16-17-18-19-20-22-27-31-34(37)38-32(28-24-21-8-6-4-2)29-25-23-26-30-33(35)36/h32H,3-31H2,1-2H3,(H,35,36). The lowest BCUT2D eigenvalue weighted by atomic mass is 10.0. The van der Waals surface area contributed by atoms with E-state index in [-0.39, 0.29) is 18.5 Å². The third-order valence-electron chi connectivity index (χ3n) is 7.83. The van der Waals surface area contributed by atoms with Crippen molar-refractivity contribution < 1.29 is 19.4 Å². The molecule has 4 nitrogen and oxygen atoms in total. The second-order valence-electron chi connectivity index (χ2n) is 11.7. The topological polar surface area (TPSA) is 63.6 Å².